The summed E-state index contributed by atoms with van der Waals surface area (Å²) in [7, 11) is -2.12. The number of hydrogen-bond acceptors (Lipinski definition) is 5. The summed E-state index contributed by atoms with van der Waals surface area (Å²) in [6.07, 6.45) is 6.92. The first kappa shape index (κ1) is 26.8. The van der Waals surface area contributed by atoms with Crippen molar-refractivity contribution in [3.05, 3.63) is 5.89 Å². The minimum atomic E-state index is -2.12. The van der Waals surface area contributed by atoms with Gasteiger partial charge in [0.15, 0.2) is 8.32 Å². The Morgan fingerprint density at radius 3 is 2.31 bits per heavy atom. The first-order valence-electron chi connectivity index (χ1n) is 12.4. The van der Waals surface area contributed by atoms with Crippen LogP contribution in [0.1, 0.15) is 105 Å². The number of aromatic nitrogens is 2. The Morgan fingerprint density at radius 2 is 1.78 bits per heavy atom. The van der Waals surface area contributed by atoms with Gasteiger partial charge < -0.3 is 13.6 Å². The molecule has 0 spiro atoms. The summed E-state index contributed by atoms with van der Waals surface area (Å²) in [4.78, 5) is 13.3. The Hall–Kier alpha value is -1.41. The fourth-order valence-electron chi connectivity index (χ4n) is 3.61. The molecule has 1 amide bonds. The average Bonchev–Trinajstić information content (AvgIpc) is 3.08. The highest BCUT2D eigenvalue weighted by Gasteiger charge is 2.43. The summed E-state index contributed by atoms with van der Waals surface area (Å²) < 4.78 is 19.9. The zero-order valence-electron chi connectivity index (χ0n) is 21.8. The predicted octanol–water partition coefficient (Wildman–Crippen LogP) is 6.14. The van der Waals surface area contributed by atoms with Crippen LogP contribution in [0.5, 0.6) is 6.08 Å². The Morgan fingerprint density at radius 1 is 1.16 bits per heavy atom. The summed E-state index contributed by atoms with van der Waals surface area (Å²) in [5, 5.41) is 7.60. The van der Waals surface area contributed by atoms with Crippen LogP contribution in [-0.2, 0) is 4.43 Å². The van der Waals surface area contributed by atoms with E-state index in [9.17, 15) is 4.79 Å². The molecule has 1 heterocycles. The number of nitrogens with zero attached hydrogens (tertiary/aromatic N) is 2. The SMILES string of the molecule is CC(C)CCC(O[Si](C)(C)C(C)(C)C)c1oc(OC(C)C)n[n+]1C(=O)NC1CCCCC1. The van der Waals surface area contributed by atoms with Crippen molar-refractivity contribution >= 4 is 14.3 Å². The van der Waals surface area contributed by atoms with Gasteiger partial charge >= 0.3 is 18.0 Å². The molecule has 1 aromatic rings. The molecular weight excluding hydrogens is 422 g/mol. The van der Waals surface area contributed by atoms with Gasteiger partial charge in [-0.25, -0.2) is 5.32 Å². The van der Waals surface area contributed by atoms with Crippen LogP contribution in [-0.4, -0.2) is 31.6 Å². The summed E-state index contributed by atoms with van der Waals surface area (Å²) in [6, 6.07) is -0.0826. The van der Waals surface area contributed by atoms with Crippen LogP contribution >= 0.6 is 0 Å². The van der Waals surface area contributed by atoms with Crippen molar-refractivity contribution in [1.29, 1.82) is 0 Å². The lowest BCUT2D eigenvalue weighted by molar-refractivity contribution is -0.649. The highest BCUT2D eigenvalue weighted by molar-refractivity contribution is 6.74. The van der Waals surface area contributed by atoms with Crippen molar-refractivity contribution < 1.29 is 23.1 Å². The van der Waals surface area contributed by atoms with E-state index in [1.165, 1.54) is 11.1 Å². The molecule has 0 radical (unpaired) electrons. The predicted molar refractivity (Wildman–Crippen MR) is 128 cm³/mol. The maximum atomic E-state index is 13.3. The number of ether oxygens (including phenoxy) is 1. The van der Waals surface area contributed by atoms with Crippen LogP contribution in [0.4, 0.5) is 4.79 Å². The summed E-state index contributed by atoms with van der Waals surface area (Å²) in [6.45, 7) is 19.3. The number of carbonyl (C=O) groups excluding carboxylic acids is 1. The third-order valence-electron chi connectivity index (χ3n) is 6.57. The molecule has 184 valence electrons. The summed E-state index contributed by atoms with van der Waals surface area (Å²) in [5.74, 6) is 0.943. The van der Waals surface area contributed by atoms with Gasteiger partial charge in [0.05, 0.1) is 12.1 Å². The molecule has 1 fully saturated rings. The van der Waals surface area contributed by atoms with Crippen LogP contribution in [0.15, 0.2) is 4.42 Å². The lowest BCUT2D eigenvalue weighted by Crippen LogP contribution is -2.57. The second-order valence-corrected chi connectivity index (χ2v) is 16.2. The van der Waals surface area contributed by atoms with Gasteiger partial charge in [0.2, 0.25) is 0 Å². The van der Waals surface area contributed by atoms with Crippen molar-refractivity contribution in [2.24, 2.45) is 5.92 Å². The smallest absolute Gasteiger partial charge is 0.445 e. The molecule has 1 unspecified atom stereocenters. The van der Waals surface area contributed by atoms with Crippen LogP contribution in [0, 0.1) is 5.92 Å². The zero-order valence-corrected chi connectivity index (χ0v) is 22.8. The molecule has 32 heavy (non-hydrogen) atoms. The van der Waals surface area contributed by atoms with Gasteiger partial charge in [-0.15, -0.1) is 0 Å². The topological polar surface area (TPSA) is 77.5 Å². The van der Waals surface area contributed by atoms with Crippen LogP contribution in [0.2, 0.25) is 18.1 Å². The molecule has 1 aliphatic rings. The van der Waals surface area contributed by atoms with Gasteiger partial charge in [-0.1, -0.05) is 41.0 Å². The summed E-state index contributed by atoms with van der Waals surface area (Å²) >= 11 is 0. The zero-order chi connectivity index (χ0) is 24.1. The molecule has 1 aromatic heterocycles. The van der Waals surface area contributed by atoms with Crippen molar-refractivity contribution in [2.75, 3.05) is 0 Å². The Balaban J connectivity index is 2.39. The van der Waals surface area contributed by atoms with Gasteiger partial charge in [0, 0.05) is 5.10 Å². The van der Waals surface area contributed by atoms with Crippen molar-refractivity contribution in [2.45, 2.75) is 130 Å². The average molecular weight is 469 g/mol. The molecule has 1 atom stereocenters. The van der Waals surface area contributed by atoms with E-state index in [2.05, 4.69) is 58.1 Å². The van der Waals surface area contributed by atoms with Crippen molar-refractivity contribution in [3.63, 3.8) is 0 Å². The van der Waals surface area contributed by atoms with Gasteiger partial charge in [0.25, 0.3) is 0 Å². The van der Waals surface area contributed by atoms with E-state index in [0.717, 1.165) is 38.5 Å². The number of nitrogens with one attached hydrogen (secondary N) is 1. The van der Waals surface area contributed by atoms with E-state index in [-0.39, 0.29) is 35.4 Å². The van der Waals surface area contributed by atoms with E-state index >= 15 is 0 Å². The maximum Gasteiger partial charge on any atom is 0.520 e. The molecule has 7 nitrogen and oxygen atoms in total. The van der Waals surface area contributed by atoms with Crippen molar-refractivity contribution in [3.8, 4) is 6.08 Å². The van der Waals surface area contributed by atoms with E-state index in [1.807, 2.05) is 13.8 Å². The molecule has 0 aromatic carbocycles. The lowest BCUT2D eigenvalue weighted by Gasteiger charge is -2.38. The second-order valence-electron chi connectivity index (χ2n) is 11.4. The first-order chi connectivity index (χ1) is 14.8. The number of hydrogen-bond donors (Lipinski definition) is 1. The Labute approximate surface area is 195 Å². The van der Waals surface area contributed by atoms with Gasteiger partial charge in [0.1, 0.15) is 6.10 Å². The third kappa shape index (κ3) is 7.58. The Bertz CT molecular complexity index is 734. The molecule has 0 aliphatic heterocycles. The normalized spacial score (nSPS) is 17.1. The molecule has 1 N–H and O–H groups in total. The van der Waals surface area contributed by atoms with Crippen LogP contribution in [0.3, 0.4) is 0 Å². The van der Waals surface area contributed by atoms with E-state index in [1.54, 1.807) is 0 Å². The van der Waals surface area contributed by atoms with Crippen LogP contribution in [0.25, 0.3) is 0 Å². The molecule has 8 heteroatoms. The molecule has 2 rings (SSSR count). The fourth-order valence-corrected chi connectivity index (χ4v) is 4.90. The van der Waals surface area contributed by atoms with E-state index in [4.69, 9.17) is 13.6 Å². The third-order valence-corrected chi connectivity index (χ3v) is 11.1. The molecule has 0 saturated heterocycles. The maximum absolute atomic E-state index is 13.3. The summed E-state index contributed by atoms with van der Waals surface area (Å²) in [5.41, 5.74) is 0. The quantitative estimate of drug-likeness (QED) is 0.348. The van der Waals surface area contributed by atoms with Gasteiger partial charge in [-0.05, 0) is 81.1 Å². The van der Waals surface area contributed by atoms with Gasteiger partial charge in [-0.2, -0.15) is 4.79 Å². The minimum absolute atomic E-state index is 0.0373. The lowest BCUT2D eigenvalue weighted by atomic mass is 9.96. The number of rotatable bonds is 9. The van der Waals surface area contributed by atoms with Gasteiger partial charge in [-0.3, -0.25) is 0 Å². The molecule has 1 aliphatic carbocycles. The largest absolute Gasteiger partial charge is 0.520 e. The molecule has 1 saturated carbocycles. The highest BCUT2D eigenvalue weighted by Crippen LogP contribution is 2.41. The van der Waals surface area contributed by atoms with Crippen LogP contribution < -0.4 is 14.7 Å². The van der Waals surface area contributed by atoms with E-state index in [0.29, 0.717) is 11.8 Å². The monoisotopic (exact) mass is 468 g/mol. The Kier molecular flexibility index (Phi) is 9.34. The highest BCUT2D eigenvalue weighted by atomic mass is 28.4. The van der Waals surface area contributed by atoms with E-state index < -0.39 is 8.32 Å². The molecule has 0 bridgehead atoms. The molecular formula is C24H46N3O4Si+. The minimum Gasteiger partial charge on any atom is -0.445 e. The van der Waals surface area contributed by atoms with Crippen molar-refractivity contribution in [1.82, 2.24) is 10.4 Å². The number of amides is 1. The standard InChI is InChI=1S/C24H45N3O4Si/c1-17(2)15-16-20(31-32(8,9)24(5,6)7)21-27(26-23(30-21)29-18(3)4)22(28)25-19-13-11-10-12-14-19/h17-20H,10-16H2,1-9H3/p+1. The first-order valence-corrected chi connectivity index (χ1v) is 15.3. The second kappa shape index (κ2) is 11.1. The number of carbonyl (C=O) groups is 1. The fraction of sp³-hybridized carbons (Fsp3) is 0.875.